The molecule has 10 aromatic rings. The first-order valence-electron chi connectivity index (χ1n) is 24.7. The second-order valence-electron chi connectivity index (χ2n) is 12.1. The summed E-state index contributed by atoms with van der Waals surface area (Å²) in [5, 5.41) is 3.01. The zero-order valence-electron chi connectivity index (χ0n) is 44.0. The Labute approximate surface area is 321 Å². The average Bonchev–Trinajstić information content (AvgIpc) is 3.84. The molecule has 0 bridgehead atoms. The maximum absolute atomic E-state index is 9.37. The first kappa shape index (κ1) is 16.8. The van der Waals surface area contributed by atoms with Crippen molar-refractivity contribution in [3.63, 3.8) is 0 Å². The Bertz CT molecular complexity index is 3790. The fourth-order valence-electron chi connectivity index (χ4n) is 6.81. The van der Waals surface area contributed by atoms with Crippen LogP contribution in [0.5, 0.6) is 0 Å². The van der Waals surface area contributed by atoms with E-state index in [1.54, 1.807) is 21.3 Å². The summed E-state index contributed by atoms with van der Waals surface area (Å²) in [5.41, 5.74) is 2.07. The van der Waals surface area contributed by atoms with Crippen LogP contribution in [-0.4, -0.2) is 9.13 Å². The average molecular weight is 668 g/mol. The molecule has 0 saturated heterocycles. The third kappa shape index (κ3) is 4.87. The van der Waals surface area contributed by atoms with Crippen molar-refractivity contribution in [2.75, 3.05) is 0 Å². The van der Waals surface area contributed by atoms with Crippen molar-refractivity contribution < 1.29 is 23.3 Å². The molecule has 8 aromatic carbocycles. The highest BCUT2D eigenvalue weighted by atomic mass is 15.0. The van der Waals surface area contributed by atoms with E-state index in [-0.39, 0.29) is 40.6 Å². The number of hydrogen-bond donors (Lipinski definition) is 0. The zero-order valence-corrected chi connectivity index (χ0v) is 27.0. The number of rotatable bonds is 5. The number of hydrogen-bond acceptors (Lipinski definition) is 0. The second kappa shape index (κ2) is 11.8. The molecule has 0 fully saturated rings. The van der Waals surface area contributed by atoms with E-state index >= 15 is 0 Å². The van der Waals surface area contributed by atoms with Crippen LogP contribution < -0.4 is 0 Å². The lowest BCUT2D eigenvalue weighted by atomic mass is 9.99. The third-order valence-electron chi connectivity index (χ3n) is 9.10. The molecular formula is C49H34N2. The number of benzene rings is 8. The summed E-state index contributed by atoms with van der Waals surface area (Å²) in [6, 6.07) is 16.9. The van der Waals surface area contributed by atoms with Crippen LogP contribution in [-0.2, 0) is 0 Å². The molecule has 0 N–H and O–H groups in total. The summed E-state index contributed by atoms with van der Waals surface area (Å²) < 4.78 is 152. The fraction of sp³-hybridized carbons (Fsp3) is 0.0204. The zero-order chi connectivity index (χ0) is 48.7. The van der Waals surface area contributed by atoms with Gasteiger partial charge in [-0.15, -0.1) is 0 Å². The molecule has 51 heavy (non-hydrogen) atoms. The van der Waals surface area contributed by atoms with Gasteiger partial charge in [-0.25, -0.2) is 0 Å². The molecule has 0 aliphatic heterocycles. The van der Waals surface area contributed by atoms with E-state index in [1.165, 1.54) is 6.92 Å². The Morgan fingerprint density at radius 3 is 1.41 bits per heavy atom. The molecule has 2 aromatic heterocycles. The second-order valence-corrected chi connectivity index (χ2v) is 12.1. The van der Waals surface area contributed by atoms with Crippen LogP contribution in [0.4, 0.5) is 0 Å². The van der Waals surface area contributed by atoms with E-state index in [2.05, 4.69) is 0 Å². The van der Waals surface area contributed by atoms with Crippen molar-refractivity contribution in [1.82, 2.24) is 9.13 Å². The molecule has 10 rings (SSSR count). The van der Waals surface area contributed by atoms with E-state index in [1.807, 2.05) is 72.8 Å². The van der Waals surface area contributed by atoms with Gasteiger partial charge in [0.15, 0.2) is 0 Å². The van der Waals surface area contributed by atoms with Crippen molar-refractivity contribution in [3.05, 3.63) is 193 Å². The summed E-state index contributed by atoms with van der Waals surface area (Å²) in [6.07, 6.45) is 0. The predicted octanol–water partition coefficient (Wildman–Crippen LogP) is 13.2. The van der Waals surface area contributed by atoms with Gasteiger partial charge in [-0.2, -0.15) is 0 Å². The topological polar surface area (TPSA) is 9.86 Å². The standard InChI is InChI=1S/C49H34N2/c1-33-10-9-11-37(30-33)36-20-18-34(19-21-36)35-22-26-41(27-23-35)51-47-17-8-6-15-43(47)45-32-39(25-29-49(45)51)38-24-28-48-44(31-38)42-14-5-7-16-46(42)50(48)40-12-3-2-4-13-40/h2-32H,1H3/i2D,3D,4D,9D,10D,11D,12D,13D,18D,19D,20D,21D,22D,23D,26D,27D,30D. The van der Waals surface area contributed by atoms with Crippen molar-refractivity contribution in [3.8, 4) is 44.8 Å². The molecule has 0 radical (unpaired) electrons. The van der Waals surface area contributed by atoms with Gasteiger partial charge in [0.2, 0.25) is 0 Å². The normalized spacial score (nSPS) is 16.3. The van der Waals surface area contributed by atoms with Crippen LogP contribution in [0.15, 0.2) is 188 Å². The van der Waals surface area contributed by atoms with Gasteiger partial charge >= 0.3 is 0 Å². The van der Waals surface area contributed by atoms with Gasteiger partial charge in [0.05, 0.1) is 45.4 Å². The van der Waals surface area contributed by atoms with Gasteiger partial charge in [-0.05, 0) is 101 Å². The number of nitrogens with zero attached hydrogens (tertiary/aromatic N) is 2. The lowest BCUT2D eigenvalue weighted by Crippen LogP contribution is -1.94. The molecule has 2 heterocycles. The summed E-state index contributed by atoms with van der Waals surface area (Å²) in [6.45, 7) is 1.39. The van der Waals surface area contributed by atoms with Gasteiger partial charge in [-0.3, -0.25) is 0 Å². The Morgan fingerprint density at radius 1 is 0.373 bits per heavy atom. The maximum atomic E-state index is 9.37. The van der Waals surface area contributed by atoms with Crippen molar-refractivity contribution in [2.24, 2.45) is 0 Å². The molecule has 2 nitrogen and oxygen atoms in total. The van der Waals surface area contributed by atoms with Gasteiger partial charge < -0.3 is 9.13 Å². The lowest BCUT2D eigenvalue weighted by molar-refractivity contribution is 1.18. The maximum Gasteiger partial charge on any atom is 0.0645 e. The van der Waals surface area contributed by atoms with Crippen LogP contribution in [0.2, 0.25) is 0 Å². The molecule has 0 amide bonds. The van der Waals surface area contributed by atoms with Crippen LogP contribution in [0.1, 0.15) is 28.9 Å². The molecule has 0 aliphatic rings. The van der Waals surface area contributed by atoms with E-state index < -0.39 is 101 Å². The molecule has 0 saturated carbocycles. The Morgan fingerprint density at radius 2 is 0.843 bits per heavy atom. The smallest absolute Gasteiger partial charge is 0.0645 e. The van der Waals surface area contributed by atoms with Crippen molar-refractivity contribution in [2.45, 2.75) is 6.92 Å². The van der Waals surface area contributed by atoms with E-state index in [0.717, 1.165) is 27.3 Å². The van der Waals surface area contributed by atoms with Gasteiger partial charge in [0.1, 0.15) is 0 Å². The van der Waals surface area contributed by atoms with E-state index in [9.17, 15) is 5.48 Å². The van der Waals surface area contributed by atoms with Crippen LogP contribution in [0, 0.1) is 6.92 Å². The Balaban J connectivity index is 1.14. The highest BCUT2D eigenvalue weighted by Gasteiger charge is 2.16. The fourth-order valence-corrected chi connectivity index (χ4v) is 6.81. The minimum absolute atomic E-state index is 0.0113. The summed E-state index contributed by atoms with van der Waals surface area (Å²) >= 11 is 0. The first-order chi connectivity index (χ1) is 32.3. The predicted molar refractivity (Wildman–Crippen MR) is 216 cm³/mol. The summed E-state index contributed by atoms with van der Waals surface area (Å²) in [5.74, 6) is 0. The van der Waals surface area contributed by atoms with Crippen LogP contribution in [0.3, 0.4) is 0 Å². The van der Waals surface area contributed by atoms with Gasteiger partial charge in [0.25, 0.3) is 0 Å². The summed E-state index contributed by atoms with van der Waals surface area (Å²) in [7, 11) is 0. The minimum Gasteiger partial charge on any atom is -0.309 e. The number of para-hydroxylation sites is 3. The van der Waals surface area contributed by atoms with E-state index in [0.29, 0.717) is 27.5 Å². The minimum atomic E-state index is -0.728. The largest absolute Gasteiger partial charge is 0.309 e. The van der Waals surface area contributed by atoms with Crippen molar-refractivity contribution >= 4 is 43.6 Å². The lowest BCUT2D eigenvalue weighted by Gasteiger charge is -2.11. The van der Waals surface area contributed by atoms with E-state index in [4.69, 9.17) is 17.8 Å². The first-order valence-corrected chi connectivity index (χ1v) is 16.2. The Kier molecular flexibility index (Phi) is 3.88. The molecule has 2 heteroatoms. The monoisotopic (exact) mass is 667 g/mol. The van der Waals surface area contributed by atoms with Crippen LogP contribution in [0.25, 0.3) is 88.4 Å². The third-order valence-corrected chi connectivity index (χ3v) is 9.10. The summed E-state index contributed by atoms with van der Waals surface area (Å²) in [4.78, 5) is 0. The number of aromatic nitrogens is 2. The highest BCUT2D eigenvalue weighted by Crippen LogP contribution is 2.38. The molecule has 0 atom stereocenters. The van der Waals surface area contributed by atoms with Gasteiger partial charge in [0, 0.05) is 32.9 Å². The SMILES string of the molecule is [2H]c1c([2H])c([2H])c(-n2c3ccccc3c3cc(-c4ccc5c(c4)c4ccccc4n5-c4c([2H])c([2H])c(-c5c([2H])c([2H])c(-c6c([2H])c([2H])c([2H])c(C)c6[2H])c([2H])c5[2H])c([2H])c4[2H])ccc32)c([2H])c1[2H]. The highest BCUT2D eigenvalue weighted by molar-refractivity contribution is 6.12. The number of fused-ring (bicyclic) bond motifs is 6. The molecule has 240 valence electrons. The Hall–Kier alpha value is -6.64. The molecule has 0 spiro atoms. The van der Waals surface area contributed by atoms with Crippen molar-refractivity contribution in [1.29, 1.82) is 0 Å². The molecular weight excluding hydrogens is 617 g/mol. The van der Waals surface area contributed by atoms with Crippen LogP contribution >= 0.6 is 0 Å². The molecule has 0 aliphatic carbocycles. The molecule has 0 unspecified atom stereocenters. The van der Waals surface area contributed by atoms with Gasteiger partial charge in [-0.1, -0.05) is 133 Å². The quantitative estimate of drug-likeness (QED) is 0.173.